The van der Waals surface area contributed by atoms with E-state index >= 15 is 0 Å². The van der Waals surface area contributed by atoms with Gasteiger partial charge in [0, 0.05) is 51.9 Å². The molecule has 0 N–H and O–H groups in total. The Morgan fingerprint density at radius 1 is 1.09 bits per heavy atom. The lowest BCUT2D eigenvalue weighted by molar-refractivity contribution is 0.145. The van der Waals surface area contributed by atoms with Gasteiger partial charge in [0.2, 0.25) is 0 Å². The van der Waals surface area contributed by atoms with Gasteiger partial charge in [-0.05, 0) is 33.7 Å². The summed E-state index contributed by atoms with van der Waals surface area (Å²) in [5.74, 6) is 0. The summed E-state index contributed by atoms with van der Waals surface area (Å²) in [5, 5.41) is 8.80. The zero-order valence-corrected chi connectivity index (χ0v) is 14.3. The maximum absolute atomic E-state index is 4.40. The Balaban J connectivity index is 1.51. The van der Waals surface area contributed by atoms with Gasteiger partial charge in [-0.2, -0.15) is 0 Å². The molecule has 0 unspecified atom stereocenters. The van der Waals surface area contributed by atoms with Gasteiger partial charge in [-0.15, -0.1) is 5.10 Å². The van der Waals surface area contributed by atoms with E-state index in [0.29, 0.717) is 12.1 Å². The Bertz CT molecular complexity index is 455. The normalized spacial score (nSPS) is 23.5. The molecule has 1 aromatic rings. The standard InChI is InChI=1S/C16H30N6/c1-14(2)21-6-4-16(5-7-21)22-13-15(17-18-22)12-20-10-8-19(3)9-11-20/h13-14,16H,4-12H2,1-3H3. The molecule has 6 nitrogen and oxygen atoms in total. The summed E-state index contributed by atoms with van der Waals surface area (Å²) in [6, 6.07) is 1.19. The molecule has 0 aliphatic carbocycles. The van der Waals surface area contributed by atoms with E-state index in [1.807, 2.05) is 0 Å². The van der Waals surface area contributed by atoms with Crippen molar-refractivity contribution in [3.8, 4) is 0 Å². The van der Waals surface area contributed by atoms with E-state index < -0.39 is 0 Å². The minimum absolute atomic E-state index is 0.531. The predicted molar refractivity (Wildman–Crippen MR) is 87.8 cm³/mol. The smallest absolute Gasteiger partial charge is 0.0967 e. The first-order valence-corrected chi connectivity index (χ1v) is 8.67. The molecule has 1 aromatic heterocycles. The molecule has 0 spiro atoms. The molecule has 2 fully saturated rings. The van der Waals surface area contributed by atoms with Gasteiger partial charge < -0.3 is 9.80 Å². The van der Waals surface area contributed by atoms with E-state index in [9.17, 15) is 0 Å². The zero-order valence-electron chi connectivity index (χ0n) is 14.3. The van der Waals surface area contributed by atoms with Crippen molar-refractivity contribution in [2.24, 2.45) is 0 Å². The van der Waals surface area contributed by atoms with Crippen LogP contribution in [-0.2, 0) is 6.54 Å². The minimum atomic E-state index is 0.531. The number of hydrogen-bond donors (Lipinski definition) is 0. The number of rotatable bonds is 4. The molecule has 0 aromatic carbocycles. The highest BCUT2D eigenvalue weighted by Gasteiger charge is 2.23. The van der Waals surface area contributed by atoms with E-state index in [-0.39, 0.29) is 0 Å². The van der Waals surface area contributed by atoms with Crippen molar-refractivity contribution in [3.63, 3.8) is 0 Å². The van der Waals surface area contributed by atoms with Gasteiger partial charge >= 0.3 is 0 Å². The Kier molecular flexibility index (Phi) is 5.10. The molecule has 3 heterocycles. The molecule has 6 heteroatoms. The van der Waals surface area contributed by atoms with Crippen molar-refractivity contribution in [2.75, 3.05) is 46.3 Å². The van der Waals surface area contributed by atoms with E-state index in [1.54, 1.807) is 0 Å². The van der Waals surface area contributed by atoms with E-state index in [1.165, 1.54) is 25.9 Å². The van der Waals surface area contributed by atoms with Crippen LogP contribution in [0.3, 0.4) is 0 Å². The molecule has 0 atom stereocenters. The SMILES string of the molecule is CC(C)N1CCC(n2cc(CN3CCN(C)CC3)nn2)CC1. The predicted octanol–water partition coefficient (Wildman–Crippen LogP) is 1.07. The first-order valence-electron chi connectivity index (χ1n) is 8.67. The van der Waals surface area contributed by atoms with Gasteiger partial charge in [0.25, 0.3) is 0 Å². The van der Waals surface area contributed by atoms with Gasteiger partial charge in [-0.3, -0.25) is 4.90 Å². The summed E-state index contributed by atoms with van der Waals surface area (Å²) in [6.07, 6.45) is 4.55. The molecule has 2 aliphatic rings. The Labute approximate surface area is 134 Å². The second-order valence-corrected chi connectivity index (χ2v) is 7.13. The van der Waals surface area contributed by atoms with Crippen LogP contribution in [0.25, 0.3) is 0 Å². The van der Waals surface area contributed by atoms with Crippen molar-refractivity contribution >= 4 is 0 Å². The average Bonchev–Trinajstić information content (AvgIpc) is 2.98. The lowest BCUT2D eigenvalue weighted by Crippen LogP contribution is -2.43. The van der Waals surface area contributed by atoms with Crippen LogP contribution >= 0.6 is 0 Å². The molecule has 0 amide bonds. The molecule has 3 rings (SSSR count). The second-order valence-electron chi connectivity index (χ2n) is 7.13. The molecule has 0 radical (unpaired) electrons. The second kappa shape index (κ2) is 7.06. The molecule has 2 aliphatic heterocycles. The van der Waals surface area contributed by atoms with Crippen LogP contribution < -0.4 is 0 Å². The quantitative estimate of drug-likeness (QED) is 0.832. The van der Waals surface area contributed by atoms with E-state index in [4.69, 9.17) is 0 Å². The van der Waals surface area contributed by atoms with Crippen LogP contribution in [0.15, 0.2) is 6.20 Å². The molecule has 0 saturated carbocycles. The van der Waals surface area contributed by atoms with E-state index in [0.717, 1.165) is 38.4 Å². The van der Waals surface area contributed by atoms with Crippen LogP contribution in [-0.4, -0.2) is 82.1 Å². The molecule has 0 bridgehead atoms. The minimum Gasteiger partial charge on any atom is -0.304 e. The summed E-state index contributed by atoms with van der Waals surface area (Å²) in [7, 11) is 2.19. The highest BCUT2D eigenvalue weighted by atomic mass is 15.4. The van der Waals surface area contributed by atoms with Gasteiger partial charge in [0.05, 0.1) is 17.9 Å². The highest BCUT2D eigenvalue weighted by Crippen LogP contribution is 2.23. The summed E-state index contributed by atoms with van der Waals surface area (Å²) in [4.78, 5) is 7.42. The third-order valence-electron chi connectivity index (χ3n) is 5.14. The van der Waals surface area contributed by atoms with Crippen LogP contribution in [0.4, 0.5) is 0 Å². The van der Waals surface area contributed by atoms with Crippen LogP contribution in [0.2, 0.25) is 0 Å². The fourth-order valence-corrected chi connectivity index (χ4v) is 3.47. The molecular weight excluding hydrogens is 276 g/mol. The van der Waals surface area contributed by atoms with E-state index in [2.05, 4.69) is 56.8 Å². The van der Waals surface area contributed by atoms with Gasteiger partial charge in [-0.25, -0.2) is 4.68 Å². The Morgan fingerprint density at radius 3 is 2.41 bits per heavy atom. The first kappa shape index (κ1) is 15.9. The van der Waals surface area contributed by atoms with Gasteiger partial charge in [0.15, 0.2) is 0 Å². The lowest BCUT2D eigenvalue weighted by atomic mass is 10.0. The molecular formula is C16H30N6. The van der Waals surface area contributed by atoms with Gasteiger partial charge in [-0.1, -0.05) is 5.21 Å². The number of likely N-dealkylation sites (tertiary alicyclic amines) is 1. The summed E-state index contributed by atoms with van der Waals surface area (Å²) < 4.78 is 2.11. The zero-order chi connectivity index (χ0) is 15.5. The van der Waals surface area contributed by atoms with Crippen molar-refractivity contribution in [3.05, 3.63) is 11.9 Å². The van der Waals surface area contributed by atoms with Crippen molar-refractivity contribution in [1.82, 2.24) is 29.7 Å². The number of piperazine rings is 1. The first-order chi connectivity index (χ1) is 10.6. The average molecular weight is 306 g/mol. The topological polar surface area (TPSA) is 40.4 Å². The summed E-state index contributed by atoms with van der Waals surface area (Å²) >= 11 is 0. The molecule has 22 heavy (non-hydrogen) atoms. The van der Waals surface area contributed by atoms with Crippen LogP contribution in [0.1, 0.15) is 38.4 Å². The fraction of sp³-hybridized carbons (Fsp3) is 0.875. The fourth-order valence-electron chi connectivity index (χ4n) is 3.47. The highest BCUT2D eigenvalue weighted by molar-refractivity contribution is 4.95. The largest absolute Gasteiger partial charge is 0.304 e. The number of hydrogen-bond acceptors (Lipinski definition) is 5. The maximum Gasteiger partial charge on any atom is 0.0967 e. The van der Waals surface area contributed by atoms with Crippen LogP contribution in [0.5, 0.6) is 0 Å². The lowest BCUT2D eigenvalue weighted by Gasteiger charge is -2.34. The molecule has 2 saturated heterocycles. The number of aromatic nitrogens is 3. The third kappa shape index (κ3) is 3.86. The summed E-state index contributed by atoms with van der Waals surface area (Å²) in [6.45, 7) is 12.4. The Hall–Kier alpha value is -0.980. The third-order valence-corrected chi connectivity index (χ3v) is 5.14. The number of likely N-dealkylation sites (N-methyl/N-ethyl adjacent to an activating group) is 1. The Morgan fingerprint density at radius 2 is 1.77 bits per heavy atom. The van der Waals surface area contributed by atoms with Crippen molar-refractivity contribution in [2.45, 2.75) is 45.3 Å². The summed E-state index contributed by atoms with van der Waals surface area (Å²) in [5.41, 5.74) is 1.12. The monoisotopic (exact) mass is 306 g/mol. The van der Waals surface area contributed by atoms with Crippen molar-refractivity contribution < 1.29 is 0 Å². The molecule has 124 valence electrons. The van der Waals surface area contributed by atoms with Crippen LogP contribution in [0, 0.1) is 0 Å². The maximum atomic E-state index is 4.40. The number of nitrogens with zero attached hydrogens (tertiary/aromatic N) is 6. The number of piperidine rings is 1. The van der Waals surface area contributed by atoms with Crippen molar-refractivity contribution in [1.29, 1.82) is 0 Å². The van der Waals surface area contributed by atoms with Gasteiger partial charge in [0.1, 0.15) is 0 Å².